The predicted molar refractivity (Wildman–Crippen MR) is 126 cm³/mol. The molecule has 1 fully saturated rings. The van der Waals surface area contributed by atoms with Crippen LogP contribution in [0.25, 0.3) is 0 Å². The maximum absolute atomic E-state index is 13.2. The van der Waals surface area contributed by atoms with Gasteiger partial charge in [0.25, 0.3) is 0 Å². The Morgan fingerprint density at radius 1 is 0.914 bits per heavy atom. The molecule has 0 bridgehead atoms. The molecule has 0 aliphatic carbocycles. The van der Waals surface area contributed by atoms with Gasteiger partial charge in [0.15, 0.2) is 0 Å². The number of benzene rings is 3. The summed E-state index contributed by atoms with van der Waals surface area (Å²) in [4.78, 5) is 28.8. The van der Waals surface area contributed by atoms with Gasteiger partial charge in [-0.05, 0) is 47.9 Å². The summed E-state index contributed by atoms with van der Waals surface area (Å²) in [6.45, 7) is 1.12. The Hall–Kier alpha value is -4.01. The third kappa shape index (κ3) is 6.75. The summed E-state index contributed by atoms with van der Waals surface area (Å²) < 4.78 is 41.6. The van der Waals surface area contributed by atoms with E-state index in [2.05, 4.69) is 10.1 Å². The van der Waals surface area contributed by atoms with Crippen LogP contribution in [0.3, 0.4) is 0 Å². The van der Waals surface area contributed by atoms with E-state index in [1.807, 2.05) is 30.3 Å². The molecule has 6 nitrogen and oxygen atoms in total. The van der Waals surface area contributed by atoms with Crippen molar-refractivity contribution in [2.24, 2.45) is 0 Å². The van der Waals surface area contributed by atoms with Gasteiger partial charge in [-0.1, -0.05) is 48.5 Å². The molecule has 0 saturated carbocycles. The zero-order valence-electron chi connectivity index (χ0n) is 18.8. The first-order chi connectivity index (χ1) is 16.8. The van der Waals surface area contributed by atoms with Gasteiger partial charge in [0, 0.05) is 31.0 Å². The monoisotopic (exact) mass is 483 g/mol. The number of carbonyl (C=O) groups excluding carboxylic acids is 2. The smallest absolute Gasteiger partial charge is 0.406 e. The Balaban J connectivity index is 1.42. The molecule has 3 amide bonds. The van der Waals surface area contributed by atoms with Crippen LogP contribution < -0.4 is 15.0 Å². The number of halogens is 3. The fourth-order valence-corrected chi connectivity index (χ4v) is 3.97. The maximum Gasteiger partial charge on any atom is 0.573 e. The van der Waals surface area contributed by atoms with E-state index >= 15 is 0 Å². The number of rotatable bonds is 7. The average molecular weight is 483 g/mol. The van der Waals surface area contributed by atoms with Crippen LogP contribution in [0.1, 0.15) is 17.5 Å². The summed E-state index contributed by atoms with van der Waals surface area (Å²) >= 11 is 0. The predicted octanol–water partition coefficient (Wildman–Crippen LogP) is 5.60. The second kappa shape index (κ2) is 10.5. The molecule has 1 saturated heterocycles. The van der Waals surface area contributed by atoms with E-state index in [4.69, 9.17) is 0 Å². The van der Waals surface area contributed by atoms with E-state index in [0.29, 0.717) is 36.4 Å². The number of urea groups is 1. The van der Waals surface area contributed by atoms with Gasteiger partial charge in [0.2, 0.25) is 5.91 Å². The lowest BCUT2D eigenvalue weighted by Gasteiger charge is -2.36. The highest BCUT2D eigenvalue weighted by Gasteiger charge is 2.31. The second-order valence-electron chi connectivity index (χ2n) is 8.17. The first-order valence-electron chi connectivity index (χ1n) is 11.1. The number of carbonyl (C=O) groups is 2. The molecule has 1 heterocycles. The van der Waals surface area contributed by atoms with Gasteiger partial charge < -0.3 is 15.0 Å². The molecule has 3 aromatic carbocycles. The van der Waals surface area contributed by atoms with E-state index in [-0.39, 0.29) is 30.7 Å². The summed E-state index contributed by atoms with van der Waals surface area (Å²) in [5, 5.41) is 2.86. The van der Waals surface area contributed by atoms with Crippen molar-refractivity contribution in [1.29, 1.82) is 0 Å². The lowest BCUT2D eigenvalue weighted by atomic mass is 10.1. The van der Waals surface area contributed by atoms with E-state index in [1.54, 1.807) is 40.1 Å². The van der Waals surface area contributed by atoms with Crippen molar-refractivity contribution in [2.45, 2.75) is 25.7 Å². The van der Waals surface area contributed by atoms with Crippen LogP contribution in [0.4, 0.5) is 29.3 Å². The quantitative estimate of drug-likeness (QED) is 0.476. The first kappa shape index (κ1) is 24.1. The lowest BCUT2D eigenvalue weighted by Crippen LogP contribution is -2.49. The summed E-state index contributed by atoms with van der Waals surface area (Å²) in [5.74, 6) is -0.490. The highest BCUT2D eigenvalue weighted by molar-refractivity contribution is 5.95. The van der Waals surface area contributed by atoms with Crippen LogP contribution in [0.2, 0.25) is 0 Å². The van der Waals surface area contributed by atoms with Gasteiger partial charge >= 0.3 is 12.4 Å². The van der Waals surface area contributed by atoms with Crippen LogP contribution in [-0.4, -0.2) is 36.3 Å². The van der Waals surface area contributed by atoms with E-state index < -0.39 is 6.36 Å². The third-order valence-electron chi connectivity index (χ3n) is 5.47. The van der Waals surface area contributed by atoms with Gasteiger partial charge in [0.05, 0.1) is 6.42 Å². The molecule has 0 unspecified atom stereocenters. The molecule has 1 aliphatic heterocycles. The van der Waals surface area contributed by atoms with Gasteiger partial charge in [-0.25, -0.2) is 4.79 Å². The zero-order chi connectivity index (χ0) is 24.8. The third-order valence-corrected chi connectivity index (χ3v) is 5.47. The molecule has 0 radical (unpaired) electrons. The SMILES string of the molecule is O=C(Cc1ccccc1)Nc1cccc(N2CCCN(Cc3cccc(OC(F)(F)F)c3)C2=O)c1. The molecule has 182 valence electrons. The first-order valence-corrected chi connectivity index (χ1v) is 11.1. The summed E-state index contributed by atoms with van der Waals surface area (Å²) in [6, 6.07) is 21.8. The highest BCUT2D eigenvalue weighted by Crippen LogP contribution is 2.27. The zero-order valence-corrected chi connectivity index (χ0v) is 18.8. The lowest BCUT2D eigenvalue weighted by molar-refractivity contribution is -0.274. The van der Waals surface area contributed by atoms with Crippen molar-refractivity contribution >= 4 is 23.3 Å². The van der Waals surface area contributed by atoms with Gasteiger partial charge in [-0.2, -0.15) is 0 Å². The number of amides is 3. The number of anilines is 2. The Labute approximate surface area is 200 Å². The van der Waals surface area contributed by atoms with Crippen molar-refractivity contribution in [3.63, 3.8) is 0 Å². The van der Waals surface area contributed by atoms with E-state index in [0.717, 1.165) is 5.56 Å². The molecule has 4 rings (SSSR count). The summed E-state index contributed by atoms with van der Waals surface area (Å²) in [7, 11) is 0. The van der Waals surface area contributed by atoms with E-state index in [9.17, 15) is 22.8 Å². The number of hydrogen-bond donors (Lipinski definition) is 1. The number of ether oxygens (including phenoxy) is 1. The van der Waals surface area contributed by atoms with Crippen molar-refractivity contribution in [2.75, 3.05) is 23.3 Å². The van der Waals surface area contributed by atoms with Crippen LogP contribution in [0.15, 0.2) is 78.9 Å². The molecule has 0 spiro atoms. The maximum atomic E-state index is 13.2. The number of alkyl halides is 3. The van der Waals surface area contributed by atoms with Gasteiger partial charge in [-0.3, -0.25) is 9.69 Å². The van der Waals surface area contributed by atoms with Crippen molar-refractivity contribution in [1.82, 2.24) is 4.90 Å². The molecule has 1 aliphatic rings. The molecular formula is C26H24F3N3O3. The summed E-state index contributed by atoms with van der Waals surface area (Å²) in [6.07, 6.45) is -3.86. The minimum absolute atomic E-state index is 0.151. The van der Waals surface area contributed by atoms with Gasteiger partial charge in [-0.15, -0.1) is 13.2 Å². The largest absolute Gasteiger partial charge is 0.573 e. The van der Waals surface area contributed by atoms with Crippen molar-refractivity contribution in [3.8, 4) is 5.75 Å². The number of nitrogens with one attached hydrogen (secondary N) is 1. The van der Waals surface area contributed by atoms with Crippen LogP contribution in [0, 0.1) is 0 Å². The van der Waals surface area contributed by atoms with Crippen molar-refractivity contribution in [3.05, 3.63) is 90.0 Å². The van der Waals surface area contributed by atoms with Crippen molar-refractivity contribution < 1.29 is 27.5 Å². The molecule has 0 aromatic heterocycles. The minimum atomic E-state index is -4.78. The fourth-order valence-electron chi connectivity index (χ4n) is 3.97. The fraction of sp³-hybridized carbons (Fsp3) is 0.231. The average Bonchev–Trinajstić information content (AvgIpc) is 2.80. The molecule has 1 N–H and O–H groups in total. The molecule has 35 heavy (non-hydrogen) atoms. The van der Waals surface area contributed by atoms with Crippen LogP contribution in [0.5, 0.6) is 5.75 Å². The minimum Gasteiger partial charge on any atom is -0.406 e. The Morgan fingerprint density at radius 2 is 1.66 bits per heavy atom. The topological polar surface area (TPSA) is 61.9 Å². The molecule has 9 heteroatoms. The Morgan fingerprint density at radius 3 is 2.43 bits per heavy atom. The Kier molecular flexibility index (Phi) is 7.24. The molecule has 0 atom stereocenters. The normalized spacial score (nSPS) is 14.1. The van der Waals surface area contributed by atoms with Crippen LogP contribution in [-0.2, 0) is 17.8 Å². The summed E-state index contributed by atoms with van der Waals surface area (Å²) in [5.41, 5.74) is 2.63. The van der Waals surface area contributed by atoms with Crippen LogP contribution >= 0.6 is 0 Å². The van der Waals surface area contributed by atoms with E-state index in [1.165, 1.54) is 18.2 Å². The van der Waals surface area contributed by atoms with Gasteiger partial charge in [0.1, 0.15) is 5.75 Å². The molecule has 3 aromatic rings. The highest BCUT2D eigenvalue weighted by atomic mass is 19.4. The molecular weight excluding hydrogens is 459 g/mol. The number of nitrogens with zero attached hydrogens (tertiary/aromatic N) is 2. The Bertz CT molecular complexity index is 1180. The second-order valence-corrected chi connectivity index (χ2v) is 8.17. The number of hydrogen-bond acceptors (Lipinski definition) is 3. The standard InChI is InChI=1S/C26H24F3N3O3/c27-26(28,29)35-23-12-4-9-20(15-23)18-31-13-6-14-32(25(31)34)22-11-5-10-21(17-22)30-24(33)16-19-7-2-1-3-8-19/h1-5,7-12,15,17H,6,13-14,16,18H2,(H,30,33).